The molecule has 0 aliphatic heterocycles. The van der Waals surface area contributed by atoms with Gasteiger partial charge in [-0.1, -0.05) is 70.5 Å². The van der Waals surface area contributed by atoms with E-state index in [1.54, 1.807) is 41.3 Å². The highest BCUT2D eigenvalue weighted by atomic mass is 35.5. The molecule has 0 atom stereocenters. The summed E-state index contributed by atoms with van der Waals surface area (Å²) in [4.78, 5) is 21.3. The Morgan fingerprint density at radius 2 is 1.71 bits per heavy atom. The zero-order valence-corrected chi connectivity index (χ0v) is 18.4. The summed E-state index contributed by atoms with van der Waals surface area (Å²) in [6.45, 7) is 0.379. The van der Waals surface area contributed by atoms with E-state index in [2.05, 4.69) is 25.6 Å². The molecule has 0 saturated carbocycles. The van der Waals surface area contributed by atoms with Crippen LogP contribution < -0.4 is 5.32 Å². The highest BCUT2D eigenvalue weighted by Gasteiger charge is 2.21. The molecule has 156 valence electrons. The molecule has 1 amide bonds. The van der Waals surface area contributed by atoms with Crippen molar-refractivity contribution in [2.45, 2.75) is 17.5 Å². The van der Waals surface area contributed by atoms with Crippen LogP contribution in [0.3, 0.4) is 0 Å². The van der Waals surface area contributed by atoms with Gasteiger partial charge in [0.05, 0.1) is 11.4 Å². The number of benzene rings is 2. The van der Waals surface area contributed by atoms with Gasteiger partial charge in [0.25, 0.3) is 5.91 Å². The lowest BCUT2D eigenvalue weighted by atomic mass is 10.2. The molecule has 0 radical (unpaired) electrons. The minimum atomic E-state index is -0.326. The van der Waals surface area contributed by atoms with Crippen molar-refractivity contribution >= 4 is 40.9 Å². The maximum atomic E-state index is 12.9. The Morgan fingerprint density at radius 1 is 1.00 bits per heavy atom. The smallest absolute Gasteiger partial charge is 0.274 e. The van der Waals surface area contributed by atoms with E-state index in [9.17, 15) is 4.79 Å². The topological polar surface area (TPSA) is 85.6 Å². The van der Waals surface area contributed by atoms with Crippen molar-refractivity contribution < 1.29 is 4.79 Å². The molecular weight excluding hydrogens is 455 g/mol. The van der Waals surface area contributed by atoms with E-state index in [1.807, 2.05) is 30.3 Å². The number of nitrogens with one attached hydrogen (secondary N) is 1. The number of aromatic nitrogens is 5. The predicted octanol–water partition coefficient (Wildman–Crippen LogP) is 4.59. The van der Waals surface area contributed by atoms with Gasteiger partial charge in [0.15, 0.2) is 10.9 Å². The molecule has 7 nitrogen and oxygen atoms in total. The minimum Gasteiger partial charge on any atom is -0.347 e. The van der Waals surface area contributed by atoms with Crippen LogP contribution in [0, 0.1) is 0 Å². The molecule has 0 aliphatic rings. The summed E-state index contributed by atoms with van der Waals surface area (Å²) in [6.07, 6.45) is 3.32. The van der Waals surface area contributed by atoms with E-state index >= 15 is 0 Å². The molecule has 0 bridgehead atoms. The van der Waals surface area contributed by atoms with Crippen molar-refractivity contribution in [1.29, 1.82) is 0 Å². The predicted molar refractivity (Wildman–Crippen MR) is 121 cm³/mol. The van der Waals surface area contributed by atoms with Crippen molar-refractivity contribution in [2.24, 2.45) is 0 Å². The van der Waals surface area contributed by atoms with Gasteiger partial charge in [-0.2, -0.15) is 0 Å². The SMILES string of the molecule is O=C(NCc1ccccc1)c1nnn(-c2cc(Cl)cc(Cl)c2)c1CSc1ncccn1. The van der Waals surface area contributed by atoms with Gasteiger partial charge in [0.1, 0.15) is 0 Å². The van der Waals surface area contributed by atoms with E-state index < -0.39 is 0 Å². The first-order valence-corrected chi connectivity index (χ1v) is 11.0. The number of hydrogen-bond donors (Lipinski definition) is 1. The van der Waals surface area contributed by atoms with Gasteiger partial charge >= 0.3 is 0 Å². The van der Waals surface area contributed by atoms with Crippen LogP contribution in [0.4, 0.5) is 0 Å². The van der Waals surface area contributed by atoms with Crippen LogP contribution in [0.2, 0.25) is 10.0 Å². The third kappa shape index (κ3) is 5.41. The van der Waals surface area contributed by atoms with Crippen LogP contribution in [0.25, 0.3) is 5.69 Å². The maximum Gasteiger partial charge on any atom is 0.274 e. The summed E-state index contributed by atoms with van der Waals surface area (Å²) in [5.41, 5.74) is 2.40. The van der Waals surface area contributed by atoms with Crippen LogP contribution in [0.1, 0.15) is 21.7 Å². The molecule has 31 heavy (non-hydrogen) atoms. The number of carbonyl (C=O) groups excluding carboxylic acids is 1. The molecule has 10 heteroatoms. The number of amides is 1. The Balaban J connectivity index is 1.63. The number of hydrogen-bond acceptors (Lipinski definition) is 6. The Bertz CT molecular complexity index is 1170. The molecule has 0 spiro atoms. The highest BCUT2D eigenvalue weighted by Crippen LogP contribution is 2.26. The van der Waals surface area contributed by atoms with E-state index in [4.69, 9.17) is 23.2 Å². The second kappa shape index (κ2) is 9.91. The molecule has 0 fully saturated rings. The van der Waals surface area contributed by atoms with Crippen LogP contribution in [-0.2, 0) is 12.3 Å². The van der Waals surface area contributed by atoms with Gasteiger partial charge in [-0.25, -0.2) is 14.6 Å². The van der Waals surface area contributed by atoms with Gasteiger partial charge in [-0.05, 0) is 29.8 Å². The summed E-state index contributed by atoms with van der Waals surface area (Å²) in [7, 11) is 0. The molecule has 0 saturated heterocycles. The van der Waals surface area contributed by atoms with E-state index in [-0.39, 0.29) is 11.6 Å². The monoisotopic (exact) mass is 470 g/mol. The second-order valence-electron chi connectivity index (χ2n) is 6.41. The summed E-state index contributed by atoms with van der Waals surface area (Å²) < 4.78 is 1.56. The molecule has 0 aliphatic carbocycles. The average molecular weight is 471 g/mol. The summed E-state index contributed by atoms with van der Waals surface area (Å²) in [6, 6.07) is 16.4. The van der Waals surface area contributed by atoms with Crippen LogP contribution in [0.15, 0.2) is 72.1 Å². The second-order valence-corrected chi connectivity index (χ2v) is 8.23. The lowest BCUT2D eigenvalue weighted by Gasteiger charge is -2.09. The minimum absolute atomic E-state index is 0.218. The fourth-order valence-electron chi connectivity index (χ4n) is 2.83. The summed E-state index contributed by atoms with van der Waals surface area (Å²) in [5, 5.41) is 12.7. The number of nitrogens with zero attached hydrogens (tertiary/aromatic N) is 5. The Hall–Kier alpha value is -2.94. The van der Waals surface area contributed by atoms with Crippen molar-refractivity contribution in [2.75, 3.05) is 0 Å². The van der Waals surface area contributed by atoms with Crippen molar-refractivity contribution in [1.82, 2.24) is 30.3 Å². The zero-order chi connectivity index (χ0) is 21.6. The van der Waals surface area contributed by atoms with Gasteiger partial charge in [-0.15, -0.1) is 5.10 Å². The lowest BCUT2D eigenvalue weighted by Crippen LogP contribution is -2.24. The molecule has 2 heterocycles. The maximum absolute atomic E-state index is 12.9. The summed E-state index contributed by atoms with van der Waals surface area (Å²) >= 11 is 13.7. The summed E-state index contributed by atoms with van der Waals surface area (Å²) in [5.74, 6) is 0.0442. The molecule has 0 unspecified atom stereocenters. The number of halogens is 2. The van der Waals surface area contributed by atoms with Gasteiger partial charge in [-0.3, -0.25) is 4.79 Å². The van der Waals surface area contributed by atoms with Gasteiger partial charge < -0.3 is 5.32 Å². The van der Waals surface area contributed by atoms with Crippen LogP contribution in [-0.4, -0.2) is 30.9 Å². The quantitative estimate of drug-likeness (QED) is 0.314. The Kier molecular flexibility index (Phi) is 6.81. The lowest BCUT2D eigenvalue weighted by molar-refractivity contribution is 0.0945. The van der Waals surface area contributed by atoms with Crippen LogP contribution >= 0.6 is 35.0 Å². The van der Waals surface area contributed by atoms with E-state index in [1.165, 1.54) is 11.8 Å². The number of carbonyl (C=O) groups is 1. The van der Waals surface area contributed by atoms with E-state index in [0.717, 1.165) is 5.56 Å². The van der Waals surface area contributed by atoms with Gasteiger partial charge in [0, 0.05) is 34.7 Å². The molecule has 2 aromatic heterocycles. The number of thioether (sulfide) groups is 1. The third-order valence-corrected chi connectivity index (χ3v) is 5.57. The molecule has 1 N–H and O–H groups in total. The third-order valence-electron chi connectivity index (χ3n) is 4.25. The van der Waals surface area contributed by atoms with Crippen molar-refractivity contribution in [3.8, 4) is 5.69 Å². The first-order valence-electron chi connectivity index (χ1n) is 9.23. The Morgan fingerprint density at radius 3 is 2.42 bits per heavy atom. The van der Waals surface area contributed by atoms with Crippen molar-refractivity contribution in [3.63, 3.8) is 0 Å². The molecule has 4 rings (SSSR count). The van der Waals surface area contributed by atoms with Gasteiger partial charge in [0.2, 0.25) is 0 Å². The van der Waals surface area contributed by atoms with E-state index in [0.29, 0.717) is 38.9 Å². The number of rotatable bonds is 7. The van der Waals surface area contributed by atoms with Crippen LogP contribution in [0.5, 0.6) is 0 Å². The van der Waals surface area contributed by atoms with Crippen molar-refractivity contribution in [3.05, 3.63) is 94.0 Å². The molecule has 4 aromatic rings. The first-order chi connectivity index (χ1) is 15.1. The highest BCUT2D eigenvalue weighted by molar-refractivity contribution is 7.98. The normalized spacial score (nSPS) is 10.8. The average Bonchev–Trinajstić information content (AvgIpc) is 3.21. The Labute approximate surface area is 192 Å². The standard InChI is InChI=1S/C21H16Cl2N6OS/c22-15-9-16(23)11-17(10-15)29-18(13-31-21-24-7-4-8-25-21)19(27-28-29)20(30)26-12-14-5-2-1-3-6-14/h1-11H,12-13H2,(H,26,30). The first kappa shape index (κ1) is 21.3. The molecular formula is C21H16Cl2N6OS. The fraction of sp³-hybridized carbons (Fsp3) is 0.0952. The fourth-order valence-corrected chi connectivity index (χ4v) is 4.14. The zero-order valence-electron chi connectivity index (χ0n) is 16.1. The molecule has 2 aromatic carbocycles. The largest absolute Gasteiger partial charge is 0.347 e.